The molecule has 23 heavy (non-hydrogen) atoms. The summed E-state index contributed by atoms with van der Waals surface area (Å²) in [5.41, 5.74) is 7.17. The predicted molar refractivity (Wildman–Crippen MR) is 99.9 cm³/mol. The second-order valence-electron chi connectivity index (χ2n) is 5.24. The van der Waals surface area contributed by atoms with Crippen LogP contribution < -0.4 is 16.4 Å². The highest BCUT2D eigenvalue weighted by molar-refractivity contribution is 9.10. The van der Waals surface area contributed by atoms with E-state index in [1.54, 1.807) is 0 Å². The molecule has 7 heteroatoms. The molecule has 5 nitrogen and oxygen atoms in total. The van der Waals surface area contributed by atoms with Crippen LogP contribution >= 0.6 is 28.3 Å². The zero-order valence-electron chi connectivity index (χ0n) is 13.4. The van der Waals surface area contributed by atoms with Gasteiger partial charge in [-0.3, -0.25) is 9.59 Å². The van der Waals surface area contributed by atoms with Crippen molar-refractivity contribution in [3.8, 4) is 0 Å². The van der Waals surface area contributed by atoms with Crippen molar-refractivity contribution < 1.29 is 9.59 Å². The molecule has 1 aromatic carbocycles. The first kappa shape index (κ1) is 21.9. The number of carbonyl (C=O) groups is 2. The molecule has 0 unspecified atom stereocenters. The normalized spacial score (nSPS) is 9.87. The number of nitrogens with one attached hydrogen (secondary N) is 2. The second-order valence-corrected chi connectivity index (χ2v) is 6.10. The number of hydrogen-bond donors (Lipinski definition) is 3. The summed E-state index contributed by atoms with van der Waals surface area (Å²) < 4.78 is 0.994. The molecule has 0 atom stereocenters. The topological polar surface area (TPSA) is 84.2 Å². The minimum Gasteiger partial charge on any atom is -0.347 e. The van der Waals surface area contributed by atoms with Crippen LogP contribution in [-0.4, -0.2) is 24.9 Å². The van der Waals surface area contributed by atoms with E-state index in [-0.39, 0.29) is 30.8 Å². The first-order valence-corrected chi connectivity index (χ1v) is 8.35. The SMILES string of the molecule is Cc1cc(NC(=O)CNC(=O)CCCCCCN)ccc1Br.Cl. The van der Waals surface area contributed by atoms with Crippen molar-refractivity contribution in [3.63, 3.8) is 0 Å². The molecule has 0 aromatic heterocycles. The van der Waals surface area contributed by atoms with Crippen LogP contribution in [0.15, 0.2) is 22.7 Å². The highest BCUT2D eigenvalue weighted by Gasteiger charge is 2.06. The van der Waals surface area contributed by atoms with Gasteiger partial charge in [-0.25, -0.2) is 0 Å². The summed E-state index contributed by atoms with van der Waals surface area (Å²) in [4.78, 5) is 23.4. The van der Waals surface area contributed by atoms with Crippen molar-refractivity contribution in [1.82, 2.24) is 5.32 Å². The molecular formula is C16H25BrClN3O2. The summed E-state index contributed by atoms with van der Waals surface area (Å²) >= 11 is 3.41. The number of rotatable bonds is 9. The van der Waals surface area contributed by atoms with Crippen LogP contribution in [0.3, 0.4) is 0 Å². The number of amides is 2. The number of benzene rings is 1. The van der Waals surface area contributed by atoms with Gasteiger partial charge in [-0.1, -0.05) is 28.8 Å². The van der Waals surface area contributed by atoms with Gasteiger partial charge >= 0.3 is 0 Å². The number of halogens is 2. The summed E-state index contributed by atoms with van der Waals surface area (Å²) in [5.74, 6) is -0.312. The average molecular weight is 407 g/mol. The van der Waals surface area contributed by atoms with Gasteiger partial charge < -0.3 is 16.4 Å². The van der Waals surface area contributed by atoms with Gasteiger partial charge in [0.05, 0.1) is 6.54 Å². The van der Waals surface area contributed by atoms with E-state index >= 15 is 0 Å². The maximum absolute atomic E-state index is 11.8. The highest BCUT2D eigenvalue weighted by atomic mass is 79.9. The Kier molecular flexibility index (Phi) is 11.7. The van der Waals surface area contributed by atoms with Crippen molar-refractivity contribution in [1.29, 1.82) is 0 Å². The smallest absolute Gasteiger partial charge is 0.243 e. The number of anilines is 1. The van der Waals surface area contributed by atoms with Gasteiger partial charge in [0.1, 0.15) is 0 Å². The Morgan fingerprint density at radius 1 is 1.13 bits per heavy atom. The lowest BCUT2D eigenvalue weighted by Crippen LogP contribution is -2.32. The van der Waals surface area contributed by atoms with Crippen molar-refractivity contribution in [2.75, 3.05) is 18.4 Å². The van der Waals surface area contributed by atoms with E-state index < -0.39 is 0 Å². The van der Waals surface area contributed by atoms with Crippen molar-refractivity contribution in [2.45, 2.75) is 39.0 Å². The van der Waals surface area contributed by atoms with E-state index in [9.17, 15) is 9.59 Å². The van der Waals surface area contributed by atoms with Crippen molar-refractivity contribution >= 4 is 45.8 Å². The number of carbonyl (C=O) groups excluding carboxylic acids is 2. The van der Waals surface area contributed by atoms with Gasteiger partial charge in [0, 0.05) is 16.6 Å². The summed E-state index contributed by atoms with van der Waals surface area (Å²) in [7, 11) is 0. The van der Waals surface area contributed by atoms with Crippen molar-refractivity contribution in [3.05, 3.63) is 28.2 Å². The van der Waals surface area contributed by atoms with Crippen LogP contribution in [-0.2, 0) is 9.59 Å². The predicted octanol–water partition coefficient (Wildman–Crippen LogP) is 3.14. The summed E-state index contributed by atoms with van der Waals surface area (Å²) in [6.45, 7) is 2.64. The van der Waals surface area contributed by atoms with E-state index in [1.165, 1.54) is 0 Å². The zero-order chi connectivity index (χ0) is 16.4. The van der Waals surface area contributed by atoms with Gasteiger partial charge in [-0.15, -0.1) is 12.4 Å². The van der Waals surface area contributed by atoms with Gasteiger partial charge in [-0.05, 0) is 50.1 Å². The van der Waals surface area contributed by atoms with E-state index in [0.29, 0.717) is 13.0 Å². The first-order valence-electron chi connectivity index (χ1n) is 7.55. The lowest BCUT2D eigenvalue weighted by Gasteiger charge is -2.08. The fourth-order valence-corrected chi connectivity index (χ4v) is 2.22. The number of unbranched alkanes of at least 4 members (excludes halogenated alkanes) is 3. The third-order valence-electron chi connectivity index (χ3n) is 3.25. The first-order chi connectivity index (χ1) is 10.5. The van der Waals surface area contributed by atoms with E-state index in [4.69, 9.17) is 5.73 Å². The minimum atomic E-state index is -0.224. The maximum atomic E-state index is 11.8. The summed E-state index contributed by atoms with van der Waals surface area (Å²) in [6.07, 6.45) is 4.33. The van der Waals surface area contributed by atoms with Crippen LogP contribution in [0.4, 0.5) is 5.69 Å². The van der Waals surface area contributed by atoms with Crippen LogP contribution in [0.5, 0.6) is 0 Å². The Morgan fingerprint density at radius 3 is 2.48 bits per heavy atom. The highest BCUT2D eigenvalue weighted by Crippen LogP contribution is 2.19. The van der Waals surface area contributed by atoms with Crippen LogP contribution in [0, 0.1) is 6.92 Å². The molecule has 0 spiro atoms. The fourth-order valence-electron chi connectivity index (χ4n) is 1.98. The third kappa shape index (κ3) is 9.58. The molecule has 0 saturated heterocycles. The molecule has 4 N–H and O–H groups in total. The maximum Gasteiger partial charge on any atom is 0.243 e. The molecule has 0 fully saturated rings. The number of aryl methyl sites for hydroxylation is 1. The Balaban J connectivity index is 0.00000484. The fraction of sp³-hybridized carbons (Fsp3) is 0.500. The molecule has 0 radical (unpaired) electrons. The van der Waals surface area contributed by atoms with Gasteiger partial charge in [0.2, 0.25) is 11.8 Å². The number of hydrogen-bond acceptors (Lipinski definition) is 3. The Bertz CT molecular complexity index is 512. The second kappa shape index (κ2) is 12.3. The molecule has 0 aliphatic carbocycles. The molecule has 130 valence electrons. The number of nitrogens with two attached hydrogens (primary N) is 1. The van der Waals surface area contributed by atoms with E-state index in [2.05, 4.69) is 26.6 Å². The van der Waals surface area contributed by atoms with Gasteiger partial charge in [0.25, 0.3) is 0 Å². The minimum absolute atomic E-state index is 0. The van der Waals surface area contributed by atoms with Gasteiger partial charge in [-0.2, -0.15) is 0 Å². The van der Waals surface area contributed by atoms with E-state index in [0.717, 1.165) is 41.4 Å². The molecule has 1 aromatic rings. The molecule has 0 aliphatic heterocycles. The summed E-state index contributed by atoms with van der Waals surface area (Å²) in [6, 6.07) is 5.57. The van der Waals surface area contributed by atoms with E-state index in [1.807, 2.05) is 25.1 Å². The Labute approximate surface area is 152 Å². The monoisotopic (exact) mass is 405 g/mol. The molecule has 0 aliphatic rings. The van der Waals surface area contributed by atoms with Crippen molar-refractivity contribution in [2.24, 2.45) is 5.73 Å². The molecule has 1 rings (SSSR count). The quantitative estimate of drug-likeness (QED) is 0.551. The molecular weight excluding hydrogens is 382 g/mol. The molecule has 0 bridgehead atoms. The van der Waals surface area contributed by atoms with Crippen LogP contribution in [0.1, 0.15) is 37.7 Å². The third-order valence-corrected chi connectivity index (χ3v) is 4.14. The molecule has 0 heterocycles. The van der Waals surface area contributed by atoms with Crippen LogP contribution in [0.2, 0.25) is 0 Å². The Hall–Kier alpha value is -1.11. The zero-order valence-corrected chi connectivity index (χ0v) is 15.8. The lowest BCUT2D eigenvalue weighted by atomic mass is 10.1. The largest absolute Gasteiger partial charge is 0.347 e. The molecule has 0 saturated carbocycles. The molecule has 2 amide bonds. The lowest BCUT2D eigenvalue weighted by molar-refractivity contribution is -0.124. The average Bonchev–Trinajstić information content (AvgIpc) is 2.49. The van der Waals surface area contributed by atoms with Gasteiger partial charge in [0.15, 0.2) is 0 Å². The standard InChI is InChI=1S/C16H24BrN3O2.ClH/c1-12-10-13(7-8-14(12)17)20-16(22)11-19-15(21)6-4-2-3-5-9-18;/h7-8,10H,2-6,9,11,18H2,1H3,(H,19,21)(H,20,22);1H. The Morgan fingerprint density at radius 2 is 1.83 bits per heavy atom. The van der Waals surface area contributed by atoms with Crippen LogP contribution in [0.25, 0.3) is 0 Å². The summed E-state index contributed by atoms with van der Waals surface area (Å²) in [5, 5.41) is 5.40.